The molecular weight excluding hydrogens is 224 g/mol. The van der Waals surface area contributed by atoms with Crippen molar-refractivity contribution in [1.82, 2.24) is 4.98 Å². The highest BCUT2D eigenvalue weighted by atomic mass is 16.5. The van der Waals surface area contributed by atoms with E-state index in [-0.39, 0.29) is 12.1 Å². The summed E-state index contributed by atoms with van der Waals surface area (Å²) >= 11 is 0. The SMILES string of the molecule is CCC(OC)C(N)Cc1ccnc2ccccc12. The monoisotopic (exact) mass is 244 g/mol. The number of benzene rings is 1. The van der Waals surface area contributed by atoms with E-state index >= 15 is 0 Å². The molecule has 2 rings (SSSR count). The summed E-state index contributed by atoms with van der Waals surface area (Å²) in [5.41, 5.74) is 8.48. The second kappa shape index (κ2) is 5.94. The van der Waals surface area contributed by atoms with Crippen molar-refractivity contribution in [1.29, 1.82) is 0 Å². The van der Waals surface area contributed by atoms with Gasteiger partial charge in [-0.2, -0.15) is 0 Å². The molecule has 3 heteroatoms. The first kappa shape index (κ1) is 13.0. The van der Waals surface area contributed by atoms with Crippen LogP contribution in [0.25, 0.3) is 10.9 Å². The Hall–Kier alpha value is -1.45. The Kier molecular flexibility index (Phi) is 4.28. The van der Waals surface area contributed by atoms with Crippen LogP contribution in [-0.4, -0.2) is 24.2 Å². The number of nitrogens with zero attached hydrogens (tertiary/aromatic N) is 1. The number of para-hydroxylation sites is 1. The van der Waals surface area contributed by atoms with Crippen molar-refractivity contribution in [2.45, 2.75) is 31.9 Å². The van der Waals surface area contributed by atoms with Gasteiger partial charge >= 0.3 is 0 Å². The Labute approximate surface area is 108 Å². The third kappa shape index (κ3) is 2.68. The van der Waals surface area contributed by atoms with Gasteiger partial charge in [-0.1, -0.05) is 25.1 Å². The zero-order valence-electron chi connectivity index (χ0n) is 11.0. The van der Waals surface area contributed by atoms with Crippen molar-refractivity contribution in [2.75, 3.05) is 7.11 Å². The zero-order valence-corrected chi connectivity index (χ0v) is 11.0. The molecule has 1 aromatic carbocycles. The Balaban J connectivity index is 2.26. The molecule has 0 spiro atoms. The number of nitrogens with two attached hydrogens (primary N) is 1. The van der Waals surface area contributed by atoms with Gasteiger partial charge in [0.1, 0.15) is 0 Å². The molecule has 0 saturated carbocycles. The molecule has 96 valence electrons. The first-order valence-corrected chi connectivity index (χ1v) is 6.37. The van der Waals surface area contributed by atoms with Gasteiger partial charge in [-0.05, 0) is 30.5 Å². The smallest absolute Gasteiger partial charge is 0.0722 e. The van der Waals surface area contributed by atoms with E-state index in [0.29, 0.717) is 0 Å². The first-order valence-electron chi connectivity index (χ1n) is 6.37. The van der Waals surface area contributed by atoms with Crippen LogP contribution in [0.5, 0.6) is 0 Å². The molecule has 0 radical (unpaired) electrons. The van der Waals surface area contributed by atoms with Gasteiger partial charge in [-0.15, -0.1) is 0 Å². The fourth-order valence-electron chi connectivity index (χ4n) is 2.36. The summed E-state index contributed by atoms with van der Waals surface area (Å²) in [5.74, 6) is 0. The maximum Gasteiger partial charge on any atom is 0.0722 e. The second-order valence-corrected chi connectivity index (χ2v) is 4.54. The topological polar surface area (TPSA) is 48.1 Å². The van der Waals surface area contributed by atoms with Gasteiger partial charge < -0.3 is 10.5 Å². The van der Waals surface area contributed by atoms with Gasteiger partial charge in [0.25, 0.3) is 0 Å². The lowest BCUT2D eigenvalue weighted by Gasteiger charge is -2.21. The molecule has 0 aliphatic heterocycles. The number of fused-ring (bicyclic) bond motifs is 1. The number of rotatable bonds is 5. The van der Waals surface area contributed by atoms with Gasteiger partial charge in [-0.25, -0.2) is 0 Å². The highest BCUT2D eigenvalue weighted by molar-refractivity contribution is 5.81. The zero-order chi connectivity index (χ0) is 13.0. The second-order valence-electron chi connectivity index (χ2n) is 4.54. The van der Waals surface area contributed by atoms with E-state index in [4.69, 9.17) is 10.5 Å². The summed E-state index contributed by atoms with van der Waals surface area (Å²) in [7, 11) is 1.72. The molecule has 1 heterocycles. The average molecular weight is 244 g/mol. The summed E-state index contributed by atoms with van der Waals surface area (Å²) < 4.78 is 5.40. The minimum atomic E-state index is 0.0193. The van der Waals surface area contributed by atoms with E-state index in [1.54, 1.807) is 7.11 Å². The molecule has 3 nitrogen and oxygen atoms in total. The quantitative estimate of drug-likeness (QED) is 0.879. The van der Waals surface area contributed by atoms with Crippen molar-refractivity contribution in [3.05, 3.63) is 42.1 Å². The third-order valence-corrected chi connectivity index (χ3v) is 3.38. The van der Waals surface area contributed by atoms with Gasteiger partial charge in [0.15, 0.2) is 0 Å². The van der Waals surface area contributed by atoms with E-state index in [0.717, 1.165) is 18.4 Å². The first-order chi connectivity index (χ1) is 8.76. The van der Waals surface area contributed by atoms with Crippen molar-refractivity contribution in [3.63, 3.8) is 0 Å². The lowest BCUT2D eigenvalue weighted by Crippen LogP contribution is -2.37. The number of aromatic nitrogens is 1. The average Bonchev–Trinajstić information content (AvgIpc) is 2.40. The summed E-state index contributed by atoms with van der Waals surface area (Å²) in [6.07, 6.45) is 3.70. The van der Waals surface area contributed by atoms with Crippen LogP contribution < -0.4 is 5.73 Å². The molecule has 2 N–H and O–H groups in total. The molecule has 0 aliphatic carbocycles. The number of ether oxygens (including phenoxy) is 1. The maximum absolute atomic E-state index is 6.22. The summed E-state index contributed by atoms with van der Waals surface area (Å²) in [5, 5.41) is 1.18. The van der Waals surface area contributed by atoms with Crippen molar-refractivity contribution < 1.29 is 4.74 Å². The minimum absolute atomic E-state index is 0.0193. The Morgan fingerprint density at radius 3 is 2.78 bits per heavy atom. The third-order valence-electron chi connectivity index (χ3n) is 3.38. The maximum atomic E-state index is 6.22. The number of hydrogen-bond acceptors (Lipinski definition) is 3. The van der Waals surface area contributed by atoms with Gasteiger partial charge in [0, 0.05) is 24.7 Å². The predicted octanol–water partition coefficient (Wildman–Crippen LogP) is 2.53. The number of methoxy groups -OCH3 is 1. The van der Waals surface area contributed by atoms with Crippen LogP contribution in [0.15, 0.2) is 36.5 Å². The normalized spacial score (nSPS) is 14.6. The van der Waals surface area contributed by atoms with E-state index < -0.39 is 0 Å². The Morgan fingerprint density at radius 2 is 2.06 bits per heavy atom. The standard InChI is InChI=1S/C15H20N2O/c1-3-15(18-2)13(16)10-11-8-9-17-14-7-5-4-6-12(11)14/h4-9,13,15H,3,10,16H2,1-2H3. The van der Waals surface area contributed by atoms with E-state index in [9.17, 15) is 0 Å². The summed E-state index contributed by atoms with van der Waals surface area (Å²) in [6, 6.07) is 10.2. The molecule has 1 aromatic heterocycles. The van der Waals surface area contributed by atoms with Crippen LogP contribution in [0.4, 0.5) is 0 Å². The minimum Gasteiger partial charge on any atom is -0.380 e. The van der Waals surface area contributed by atoms with E-state index in [1.807, 2.05) is 30.5 Å². The molecule has 2 aromatic rings. The van der Waals surface area contributed by atoms with Crippen molar-refractivity contribution in [2.24, 2.45) is 5.73 Å². The fraction of sp³-hybridized carbons (Fsp3) is 0.400. The Morgan fingerprint density at radius 1 is 1.28 bits per heavy atom. The van der Waals surface area contributed by atoms with Crippen LogP contribution in [0.2, 0.25) is 0 Å². The van der Waals surface area contributed by atoms with Gasteiger partial charge in [-0.3, -0.25) is 4.98 Å². The molecule has 0 aliphatic rings. The number of pyridine rings is 1. The van der Waals surface area contributed by atoms with Crippen LogP contribution in [0.3, 0.4) is 0 Å². The summed E-state index contributed by atoms with van der Waals surface area (Å²) in [4.78, 5) is 4.36. The number of hydrogen-bond donors (Lipinski definition) is 1. The highest BCUT2D eigenvalue weighted by Gasteiger charge is 2.16. The van der Waals surface area contributed by atoms with Crippen LogP contribution >= 0.6 is 0 Å². The lowest BCUT2D eigenvalue weighted by molar-refractivity contribution is 0.0774. The molecule has 0 saturated heterocycles. The van der Waals surface area contributed by atoms with Gasteiger partial charge in [0.2, 0.25) is 0 Å². The van der Waals surface area contributed by atoms with E-state index in [2.05, 4.69) is 18.0 Å². The molecule has 2 atom stereocenters. The van der Waals surface area contributed by atoms with Gasteiger partial charge in [0.05, 0.1) is 11.6 Å². The largest absolute Gasteiger partial charge is 0.380 e. The van der Waals surface area contributed by atoms with Crippen LogP contribution in [0.1, 0.15) is 18.9 Å². The van der Waals surface area contributed by atoms with Crippen molar-refractivity contribution >= 4 is 10.9 Å². The molecule has 2 unspecified atom stereocenters. The highest BCUT2D eigenvalue weighted by Crippen LogP contribution is 2.18. The molecule has 18 heavy (non-hydrogen) atoms. The summed E-state index contributed by atoms with van der Waals surface area (Å²) in [6.45, 7) is 2.10. The molecule has 0 bridgehead atoms. The molecular formula is C15H20N2O. The predicted molar refractivity (Wildman–Crippen MR) is 74.5 cm³/mol. The van der Waals surface area contributed by atoms with Crippen LogP contribution in [0, 0.1) is 0 Å². The van der Waals surface area contributed by atoms with E-state index in [1.165, 1.54) is 10.9 Å². The molecule has 0 fully saturated rings. The lowest BCUT2D eigenvalue weighted by atomic mass is 9.98. The molecule has 0 amide bonds. The van der Waals surface area contributed by atoms with Crippen molar-refractivity contribution in [3.8, 4) is 0 Å². The van der Waals surface area contributed by atoms with Crippen LogP contribution in [-0.2, 0) is 11.2 Å². The Bertz CT molecular complexity index is 503. The fourth-order valence-corrected chi connectivity index (χ4v) is 2.36.